The van der Waals surface area contributed by atoms with Crippen LogP contribution in [0.1, 0.15) is 43.4 Å². The van der Waals surface area contributed by atoms with E-state index in [0.29, 0.717) is 10.9 Å². The van der Waals surface area contributed by atoms with E-state index in [9.17, 15) is 22.8 Å². The Morgan fingerprint density at radius 2 is 1.74 bits per heavy atom. The first-order valence-corrected chi connectivity index (χ1v) is 10.3. The maximum atomic E-state index is 13.8. The Morgan fingerprint density at radius 1 is 1.06 bits per heavy atom. The highest BCUT2D eigenvalue weighted by Gasteiger charge is 2.39. The summed E-state index contributed by atoms with van der Waals surface area (Å²) in [6, 6.07) is 15.0. The molecule has 0 atom stereocenters. The number of nitrogens with two attached hydrogens (primary N) is 1. The van der Waals surface area contributed by atoms with Gasteiger partial charge in [0.15, 0.2) is 5.69 Å². The topological polar surface area (TPSA) is 103 Å². The quantitative estimate of drug-likeness (QED) is 0.452. The molecular formula is C24H20F3N5O2. The molecule has 0 saturated heterocycles. The van der Waals surface area contributed by atoms with Gasteiger partial charge in [-0.1, -0.05) is 42.5 Å². The predicted octanol–water partition coefficient (Wildman–Crippen LogP) is 4.47. The molecule has 7 nitrogen and oxygen atoms in total. The number of alkyl halides is 3. The van der Waals surface area contributed by atoms with Crippen LogP contribution in [-0.2, 0) is 12.7 Å². The second-order valence-electron chi connectivity index (χ2n) is 7.78. The van der Waals surface area contributed by atoms with Crippen LogP contribution in [-0.4, -0.2) is 26.6 Å². The number of aromatic nitrogens is 3. The molecule has 0 aliphatic rings. The van der Waals surface area contributed by atoms with Crippen LogP contribution >= 0.6 is 0 Å². The second-order valence-corrected chi connectivity index (χ2v) is 7.78. The summed E-state index contributed by atoms with van der Waals surface area (Å²) in [4.78, 5) is 29.0. The summed E-state index contributed by atoms with van der Waals surface area (Å²) in [6.45, 7) is 3.39. The van der Waals surface area contributed by atoms with Crippen molar-refractivity contribution in [1.82, 2.24) is 14.8 Å². The molecule has 2 amide bonds. The Hall–Kier alpha value is -4.21. The van der Waals surface area contributed by atoms with Crippen LogP contribution in [0.5, 0.6) is 0 Å². The molecule has 34 heavy (non-hydrogen) atoms. The molecule has 0 bridgehead atoms. The normalized spacial score (nSPS) is 11.6. The molecule has 0 unspecified atom stereocenters. The molecule has 0 spiro atoms. The Bertz CT molecular complexity index is 1430. The molecule has 0 saturated carbocycles. The summed E-state index contributed by atoms with van der Waals surface area (Å²) < 4.78 is 42.6. The van der Waals surface area contributed by atoms with Crippen LogP contribution in [0.15, 0.2) is 54.6 Å². The molecule has 0 fully saturated rings. The summed E-state index contributed by atoms with van der Waals surface area (Å²) in [6.07, 6.45) is -4.81. The van der Waals surface area contributed by atoms with Gasteiger partial charge >= 0.3 is 6.18 Å². The zero-order chi connectivity index (χ0) is 24.6. The summed E-state index contributed by atoms with van der Waals surface area (Å²) in [5.74, 6) is -1.71. The standard InChI is InChI=1S/C24H20F3N5O2/c1-13-7-3-4-8-15(13)12-32-14(2)20(21(31-32)24(25,26)27)30-23(34)19-11-17(22(28)33)16-9-5-6-10-18(16)29-19/h3-11H,12H2,1-2H3,(H2,28,33)(H,30,34). The van der Waals surface area contributed by atoms with E-state index in [1.165, 1.54) is 17.7 Å². The van der Waals surface area contributed by atoms with Crippen LogP contribution in [0, 0.1) is 13.8 Å². The fraction of sp³-hybridized carbons (Fsp3) is 0.167. The van der Waals surface area contributed by atoms with Crippen molar-refractivity contribution in [2.75, 3.05) is 5.32 Å². The molecular weight excluding hydrogens is 447 g/mol. The van der Waals surface area contributed by atoms with Gasteiger partial charge in [-0.05, 0) is 37.1 Å². The second kappa shape index (κ2) is 8.62. The highest BCUT2D eigenvalue weighted by molar-refractivity contribution is 6.10. The van der Waals surface area contributed by atoms with Gasteiger partial charge in [-0.25, -0.2) is 4.98 Å². The molecule has 3 N–H and O–H groups in total. The maximum absolute atomic E-state index is 13.8. The molecule has 0 aliphatic heterocycles. The molecule has 10 heteroatoms. The van der Waals surface area contributed by atoms with Crippen LogP contribution < -0.4 is 11.1 Å². The summed E-state index contributed by atoms with van der Waals surface area (Å²) in [7, 11) is 0. The lowest BCUT2D eigenvalue weighted by Crippen LogP contribution is -2.19. The van der Waals surface area contributed by atoms with Gasteiger partial charge in [-0.15, -0.1) is 0 Å². The first-order valence-electron chi connectivity index (χ1n) is 10.3. The Morgan fingerprint density at radius 3 is 2.41 bits per heavy atom. The van der Waals surface area contributed by atoms with E-state index in [0.717, 1.165) is 11.1 Å². The lowest BCUT2D eigenvalue weighted by Gasteiger charge is -2.11. The number of fused-ring (bicyclic) bond motifs is 1. The monoisotopic (exact) mass is 467 g/mol. The van der Waals surface area contributed by atoms with Gasteiger partial charge in [-0.3, -0.25) is 14.3 Å². The number of aryl methyl sites for hydroxylation is 1. The zero-order valence-electron chi connectivity index (χ0n) is 18.3. The first-order chi connectivity index (χ1) is 16.1. The predicted molar refractivity (Wildman–Crippen MR) is 120 cm³/mol. The Labute approximate surface area is 192 Å². The first kappa shape index (κ1) is 23.0. The molecule has 0 radical (unpaired) electrons. The van der Waals surface area contributed by atoms with E-state index in [1.807, 2.05) is 19.1 Å². The van der Waals surface area contributed by atoms with E-state index in [4.69, 9.17) is 5.73 Å². The number of benzene rings is 2. The number of carbonyl (C=O) groups excluding carboxylic acids is 2. The van der Waals surface area contributed by atoms with Gasteiger partial charge < -0.3 is 11.1 Å². The number of hydrogen-bond donors (Lipinski definition) is 2. The van der Waals surface area contributed by atoms with Crippen molar-refractivity contribution in [3.05, 3.63) is 88.4 Å². The molecule has 2 heterocycles. The number of rotatable bonds is 5. The minimum atomic E-state index is -4.81. The summed E-state index contributed by atoms with van der Waals surface area (Å²) in [5.41, 5.74) is 5.67. The third-order valence-corrected chi connectivity index (χ3v) is 5.51. The molecule has 174 valence electrons. The SMILES string of the molecule is Cc1ccccc1Cn1nc(C(F)(F)F)c(NC(=O)c2cc(C(N)=O)c3ccccc3n2)c1C. The van der Waals surface area contributed by atoms with Crippen molar-refractivity contribution in [3.63, 3.8) is 0 Å². The van der Waals surface area contributed by atoms with Gasteiger partial charge in [0.2, 0.25) is 5.91 Å². The van der Waals surface area contributed by atoms with Crippen molar-refractivity contribution < 1.29 is 22.8 Å². The van der Waals surface area contributed by atoms with E-state index in [-0.39, 0.29) is 23.5 Å². The third kappa shape index (κ3) is 4.34. The summed E-state index contributed by atoms with van der Waals surface area (Å²) in [5, 5.41) is 6.47. The van der Waals surface area contributed by atoms with E-state index in [2.05, 4.69) is 15.4 Å². The number of pyridine rings is 1. The minimum Gasteiger partial charge on any atom is -0.366 e. The average Bonchev–Trinajstić information content (AvgIpc) is 3.10. The van der Waals surface area contributed by atoms with Crippen LogP contribution in [0.25, 0.3) is 10.9 Å². The zero-order valence-corrected chi connectivity index (χ0v) is 18.3. The van der Waals surface area contributed by atoms with Crippen LogP contribution in [0.3, 0.4) is 0 Å². The smallest absolute Gasteiger partial charge is 0.366 e. The van der Waals surface area contributed by atoms with Gasteiger partial charge in [0.05, 0.1) is 29.0 Å². The number of halogens is 3. The van der Waals surface area contributed by atoms with E-state index >= 15 is 0 Å². The number of para-hydroxylation sites is 1. The molecule has 2 aromatic heterocycles. The highest BCUT2D eigenvalue weighted by Crippen LogP contribution is 2.36. The number of nitrogens with zero attached hydrogens (tertiary/aromatic N) is 3. The van der Waals surface area contributed by atoms with Crippen molar-refractivity contribution in [2.24, 2.45) is 5.73 Å². The number of anilines is 1. The van der Waals surface area contributed by atoms with Gasteiger partial charge in [0, 0.05) is 5.39 Å². The van der Waals surface area contributed by atoms with Crippen molar-refractivity contribution in [2.45, 2.75) is 26.6 Å². The fourth-order valence-electron chi connectivity index (χ4n) is 3.67. The van der Waals surface area contributed by atoms with Crippen molar-refractivity contribution in [3.8, 4) is 0 Å². The lowest BCUT2D eigenvalue weighted by molar-refractivity contribution is -0.140. The van der Waals surface area contributed by atoms with Gasteiger partial charge in [0.25, 0.3) is 5.91 Å². The molecule has 2 aromatic carbocycles. The molecule has 0 aliphatic carbocycles. The number of hydrogen-bond acceptors (Lipinski definition) is 4. The van der Waals surface area contributed by atoms with Crippen LogP contribution in [0.4, 0.5) is 18.9 Å². The lowest BCUT2D eigenvalue weighted by atomic mass is 10.1. The number of carbonyl (C=O) groups is 2. The number of nitrogens with one attached hydrogen (secondary N) is 1. The molecule has 4 aromatic rings. The van der Waals surface area contributed by atoms with E-state index in [1.54, 1.807) is 36.4 Å². The third-order valence-electron chi connectivity index (χ3n) is 5.51. The number of primary amides is 1. The number of amides is 2. The van der Waals surface area contributed by atoms with Gasteiger partial charge in [0.1, 0.15) is 5.69 Å². The Balaban J connectivity index is 1.75. The largest absolute Gasteiger partial charge is 0.437 e. The fourth-order valence-corrected chi connectivity index (χ4v) is 3.67. The van der Waals surface area contributed by atoms with Crippen molar-refractivity contribution in [1.29, 1.82) is 0 Å². The average molecular weight is 467 g/mol. The Kier molecular flexibility index (Phi) is 5.82. The van der Waals surface area contributed by atoms with Crippen molar-refractivity contribution >= 4 is 28.4 Å². The minimum absolute atomic E-state index is 0.0405. The molecule has 4 rings (SSSR count). The van der Waals surface area contributed by atoms with E-state index < -0.39 is 29.4 Å². The highest BCUT2D eigenvalue weighted by atomic mass is 19.4. The van der Waals surface area contributed by atoms with Gasteiger partial charge in [-0.2, -0.15) is 18.3 Å². The summed E-state index contributed by atoms with van der Waals surface area (Å²) >= 11 is 0. The maximum Gasteiger partial charge on any atom is 0.437 e. The van der Waals surface area contributed by atoms with Crippen LogP contribution in [0.2, 0.25) is 0 Å².